The van der Waals surface area contributed by atoms with Gasteiger partial charge in [-0.3, -0.25) is 4.68 Å². The number of para-hydroxylation sites is 1. The predicted octanol–water partition coefficient (Wildman–Crippen LogP) is 11.0. The Kier molecular flexibility index (Phi) is 10.3. The number of hydrogen-bond acceptors (Lipinski definition) is 4. The van der Waals surface area contributed by atoms with Crippen molar-refractivity contribution in [3.63, 3.8) is 0 Å². The van der Waals surface area contributed by atoms with E-state index in [0.717, 1.165) is 63.3 Å². The third kappa shape index (κ3) is 6.87. The van der Waals surface area contributed by atoms with Crippen LogP contribution in [0.1, 0.15) is 69.1 Å². The fourth-order valence-corrected chi connectivity index (χ4v) is 6.91. The topological polar surface area (TPSA) is 54.1 Å². The normalized spacial score (nSPS) is 11.6. The molecule has 0 saturated carbocycles. The summed E-state index contributed by atoms with van der Waals surface area (Å²) >= 11 is 0. The maximum Gasteiger partial charge on any atom is 2.00 e. The van der Waals surface area contributed by atoms with E-state index < -0.39 is 0 Å². The fourth-order valence-electron chi connectivity index (χ4n) is 6.91. The Bertz CT molecular complexity index is 2340. The molecule has 7 rings (SSSR count). The largest absolute Gasteiger partial charge is 2.00 e. The van der Waals surface area contributed by atoms with Crippen LogP contribution in [0.4, 0.5) is 0 Å². The van der Waals surface area contributed by atoms with Crippen molar-refractivity contribution in [1.82, 2.24) is 19.3 Å². The summed E-state index contributed by atoms with van der Waals surface area (Å²) in [5, 5.41) is 7.46. The first kappa shape index (κ1) is 36.1. The second-order valence-electron chi connectivity index (χ2n) is 14.0. The van der Waals surface area contributed by atoms with Crippen molar-refractivity contribution in [2.75, 3.05) is 6.61 Å². The molecule has 7 aromatic rings. The van der Waals surface area contributed by atoms with Crippen molar-refractivity contribution in [2.45, 2.75) is 73.6 Å². The van der Waals surface area contributed by atoms with Crippen molar-refractivity contribution < 1.29 is 30.5 Å². The SMILES string of the molecule is CCCc1nn(-c2[c-]c(Oc3[c-]c4c(cc3)c3ccccc3n4-c3cc(OCC)ccn3)ccc2)c(C(C)(C)C)c1-c1cc(C)c(C)c(C)c1.[Pt+2]. The minimum absolute atomic E-state index is 0. The van der Waals surface area contributed by atoms with E-state index in [0.29, 0.717) is 18.1 Å². The standard InChI is InChI=1S/C44H44N4O2.Pt/c1-9-14-38-42(31-23-28(3)30(5)29(4)24-31)43(44(6,7)8)48(46-38)32-15-13-16-34(25-32)50-35-19-20-37-36-17-11-12-18-39(36)47(40(37)26-35)41-27-33(49-10-2)21-22-45-41;/h11-13,15-24,27H,9-10,14H2,1-8H3;/q-2;+2. The van der Waals surface area contributed by atoms with Gasteiger partial charge >= 0.3 is 21.1 Å². The summed E-state index contributed by atoms with van der Waals surface area (Å²) in [6.45, 7) is 18.1. The smallest absolute Gasteiger partial charge is 0.509 e. The van der Waals surface area contributed by atoms with Crippen molar-refractivity contribution in [1.29, 1.82) is 0 Å². The van der Waals surface area contributed by atoms with E-state index in [1.54, 1.807) is 6.20 Å². The van der Waals surface area contributed by atoms with Crippen LogP contribution in [0.2, 0.25) is 0 Å². The van der Waals surface area contributed by atoms with Crippen molar-refractivity contribution in [2.24, 2.45) is 0 Å². The van der Waals surface area contributed by atoms with Crippen LogP contribution in [0.25, 0.3) is 44.4 Å². The quantitative estimate of drug-likeness (QED) is 0.136. The number of pyridine rings is 1. The van der Waals surface area contributed by atoms with Gasteiger partial charge in [0.05, 0.1) is 18.0 Å². The van der Waals surface area contributed by atoms with Gasteiger partial charge in [0.15, 0.2) is 0 Å². The Balaban J connectivity index is 0.00000448. The first-order valence-corrected chi connectivity index (χ1v) is 17.5. The second-order valence-corrected chi connectivity index (χ2v) is 14.0. The molecule has 0 unspecified atom stereocenters. The molecule has 0 N–H and O–H groups in total. The Labute approximate surface area is 315 Å². The molecule has 6 nitrogen and oxygen atoms in total. The molecule has 0 bridgehead atoms. The average molecular weight is 856 g/mol. The second kappa shape index (κ2) is 14.5. The fraction of sp³-hybridized carbons (Fsp3) is 0.273. The minimum atomic E-state index is -0.189. The molecule has 51 heavy (non-hydrogen) atoms. The van der Waals surface area contributed by atoms with E-state index in [4.69, 9.17) is 19.6 Å². The predicted molar refractivity (Wildman–Crippen MR) is 203 cm³/mol. The number of rotatable bonds is 9. The molecule has 0 aliphatic rings. The Hall–Kier alpha value is -4.67. The summed E-state index contributed by atoms with van der Waals surface area (Å²) in [7, 11) is 0. The summed E-state index contributed by atoms with van der Waals surface area (Å²) in [5.74, 6) is 2.71. The Morgan fingerprint density at radius 2 is 1.55 bits per heavy atom. The number of fused-ring (bicyclic) bond motifs is 3. The van der Waals surface area contributed by atoms with Crippen LogP contribution in [-0.4, -0.2) is 25.9 Å². The van der Waals surface area contributed by atoms with E-state index >= 15 is 0 Å². The Morgan fingerprint density at radius 3 is 2.27 bits per heavy atom. The summed E-state index contributed by atoms with van der Waals surface area (Å²) in [5.41, 5.74) is 11.2. The van der Waals surface area contributed by atoms with E-state index in [1.807, 2.05) is 43.3 Å². The van der Waals surface area contributed by atoms with E-state index in [2.05, 4.69) is 112 Å². The van der Waals surface area contributed by atoms with Crippen molar-refractivity contribution in [3.8, 4) is 39.9 Å². The number of benzene rings is 4. The zero-order valence-electron chi connectivity index (χ0n) is 30.6. The molecule has 4 aromatic carbocycles. The van der Waals surface area contributed by atoms with E-state index in [-0.39, 0.29) is 26.5 Å². The van der Waals surface area contributed by atoms with Gasteiger partial charge in [-0.25, -0.2) is 4.98 Å². The van der Waals surface area contributed by atoms with Gasteiger partial charge in [0, 0.05) is 40.3 Å². The van der Waals surface area contributed by atoms with Gasteiger partial charge in [-0.05, 0) is 79.6 Å². The van der Waals surface area contributed by atoms with Gasteiger partial charge in [-0.1, -0.05) is 70.0 Å². The number of aryl methyl sites for hydroxylation is 3. The molecule has 3 aromatic heterocycles. The summed E-state index contributed by atoms with van der Waals surface area (Å²) < 4.78 is 16.5. The third-order valence-electron chi connectivity index (χ3n) is 9.39. The average Bonchev–Trinajstić information content (AvgIpc) is 3.64. The van der Waals surface area contributed by atoms with Gasteiger partial charge in [-0.2, -0.15) is 17.2 Å². The van der Waals surface area contributed by atoms with Crippen LogP contribution < -0.4 is 9.47 Å². The maximum absolute atomic E-state index is 6.53. The van der Waals surface area contributed by atoms with Gasteiger partial charge < -0.3 is 14.0 Å². The molecule has 7 heteroatoms. The molecule has 0 aliphatic heterocycles. The van der Waals surface area contributed by atoms with Crippen LogP contribution in [0.15, 0.2) is 85.1 Å². The Morgan fingerprint density at radius 1 is 0.804 bits per heavy atom. The van der Waals surface area contributed by atoms with Gasteiger partial charge in [0.2, 0.25) is 0 Å². The number of nitrogens with zero attached hydrogens (tertiary/aromatic N) is 4. The molecule has 0 aliphatic carbocycles. The van der Waals surface area contributed by atoms with Gasteiger partial charge in [-0.15, -0.1) is 35.7 Å². The zero-order valence-corrected chi connectivity index (χ0v) is 32.9. The van der Waals surface area contributed by atoms with Crippen LogP contribution >= 0.6 is 0 Å². The maximum atomic E-state index is 6.53. The molecule has 0 atom stereocenters. The molecular formula is C44H44N4O2Pt. The molecule has 0 saturated heterocycles. The van der Waals surface area contributed by atoms with Gasteiger partial charge in [0.1, 0.15) is 11.6 Å². The molecule has 3 heterocycles. The molecule has 0 amide bonds. The van der Waals surface area contributed by atoms with E-state index in [9.17, 15) is 0 Å². The number of hydrogen-bond donors (Lipinski definition) is 0. The molecule has 262 valence electrons. The molecular weight excluding hydrogens is 812 g/mol. The zero-order chi connectivity index (χ0) is 35.2. The summed E-state index contributed by atoms with van der Waals surface area (Å²) in [6, 6.07) is 34.0. The minimum Gasteiger partial charge on any atom is -0.509 e. The number of aromatic nitrogens is 4. The van der Waals surface area contributed by atoms with E-state index in [1.165, 1.54) is 27.8 Å². The number of ether oxygens (including phenoxy) is 2. The van der Waals surface area contributed by atoms with Gasteiger partial charge in [0.25, 0.3) is 0 Å². The monoisotopic (exact) mass is 855 g/mol. The molecule has 0 spiro atoms. The summed E-state index contributed by atoms with van der Waals surface area (Å²) in [4.78, 5) is 4.72. The van der Waals surface area contributed by atoms with Crippen LogP contribution in [0, 0.1) is 32.9 Å². The van der Waals surface area contributed by atoms with Crippen molar-refractivity contribution in [3.05, 3.63) is 125 Å². The van der Waals surface area contributed by atoms with Crippen LogP contribution in [0.5, 0.6) is 17.2 Å². The van der Waals surface area contributed by atoms with Crippen LogP contribution in [0.3, 0.4) is 0 Å². The molecule has 0 fully saturated rings. The summed E-state index contributed by atoms with van der Waals surface area (Å²) in [6.07, 6.45) is 3.67. The van der Waals surface area contributed by atoms with Crippen LogP contribution in [-0.2, 0) is 32.9 Å². The first-order chi connectivity index (χ1) is 24.1. The third-order valence-corrected chi connectivity index (χ3v) is 9.39. The van der Waals surface area contributed by atoms with Crippen molar-refractivity contribution >= 4 is 21.8 Å². The first-order valence-electron chi connectivity index (χ1n) is 17.5. The molecule has 0 radical (unpaired) electrons.